The van der Waals surface area contributed by atoms with Crippen LogP contribution in [0, 0.1) is 11.3 Å². The van der Waals surface area contributed by atoms with Crippen LogP contribution in [0.4, 0.5) is 4.79 Å². The second kappa shape index (κ2) is 9.27. The molecule has 1 aliphatic carbocycles. The van der Waals surface area contributed by atoms with E-state index in [9.17, 15) is 9.59 Å². The van der Waals surface area contributed by atoms with E-state index < -0.39 is 5.60 Å². The van der Waals surface area contributed by atoms with Crippen LogP contribution in [0.2, 0.25) is 5.02 Å². The van der Waals surface area contributed by atoms with Gasteiger partial charge in [0.2, 0.25) is 0 Å². The van der Waals surface area contributed by atoms with Crippen molar-refractivity contribution in [3.63, 3.8) is 0 Å². The lowest BCUT2D eigenvalue weighted by molar-refractivity contribution is 0.0164. The highest BCUT2D eigenvalue weighted by Crippen LogP contribution is 2.61. The number of carbonyl (C=O) groups excluding carboxylic acids is 2. The third-order valence-corrected chi connectivity index (χ3v) is 6.63. The van der Waals surface area contributed by atoms with E-state index in [1.165, 1.54) is 11.3 Å². The molecule has 1 aromatic rings. The summed E-state index contributed by atoms with van der Waals surface area (Å²) in [5.74, 6) is 1.30. The fourth-order valence-corrected chi connectivity index (χ4v) is 4.68. The number of benzene rings is 1. The zero-order valence-electron chi connectivity index (χ0n) is 19.4. The molecule has 172 valence electrons. The second-order valence-electron chi connectivity index (χ2n) is 10.1. The first-order chi connectivity index (χ1) is 14.5. The van der Waals surface area contributed by atoms with E-state index in [4.69, 9.17) is 21.1 Å². The number of ether oxygens (including phenoxy) is 2. The maximum Gasteiger partial charge on any atom is 0.410 e. The minimum absolute atomic E-state index is 0.117. The third-order valence-electron chi connectivity index (χ3n) is 6.31. The lowest BCUT2D eigenvalue weighted by Gasteiger charge is -2.34. The molecule has 1 saturated carbocycles. The topological polar surface area (TPSA) is 59.1 Å². The van der Waals surface area contributed by atoms with E-state index in [-0.39, 0.29) is 12.0 Å². The van der Waals surface area contributed by atoms with Crippen molar-refractivity contribution in [1.82, 2.24) is 9.80 Å². The van der Waals surface area contributed by atoms with Crippen molar-refractivity contribution in [3.8, 4) is 5.75 Å². The summed E-state index contributed by atoms with van der Waals surface area (Å²) in [6.07, 6.45) is 5.31. The lowest BCUT2D eigenvalue weighted by Crippen LogP contribution is -2.42. The summed E-state index contributed by atoms with van der Waals surface area (Å²) in [5, 5.41) is 0.411. The van der Waals surface area contributed by atoms with Crippen molar-refractivity contribution >= 4 is 23.6 Å². The first kappa shape index (κ1) is 23.7. The highest BCUT2D eigenvalue weighted by molar-refractivity contribution is 6.34. The van der Waals surface area contributed by atoms with E-state index >= 15 is 0 Å². The van der Waals surface area contributed by atoms with Gasteiger partial charge in [-0.15, -0.1) is 0 Å². The maximum atomic E-state index is 12.2. The van der Waals surface area contributed by atoms with Crippen molar-refractivity contribution in [2.75, 3.05) is 33.8 Å². The predicted octanol–water partition coefficient (Wildman–Crippen LogP) is 5.24. The van der Waals surface area contributed by atoms with Crippen LogP contribution in [0.15, 0.2) is 18.2 Å². The lowest BCUT2D eigenvalue weighted by atomic mass is 9.90. The Morgan fingerprint density at radius 3 is 2.48 bits per heavy atom. The van der Waals surface area contributed by atoms with E-state index in [0.717, 1.165) is 44.7 Å². The number of rotatable bonds is 6. The summed E-state index contributed by atoms with van der Waals surface area (Å²) in [4.78, 5) is 27.7. The smallest absolute Gasteiger partial charge is 0.410 e. The van der Waals surface area contributed by atoms with Gasteiger partial charge in [-0.25, -0.2) is 4.79 Å². The molecule has 0 radical (unpaired) electrons. The Morgan fingerprint density at radius 2 is 1.90 bits per heavy atom. The molecule has 1 saturated heterocycles. The van der Waals surface area contributed by atoms with Crippen LogP contribution in [0.25, 0.3) is 0 Å². The Morgan fingerprint density at radius 1 is 1.23 bits per heavy atom. The molecular weight excluding hydrogens is 416 g/mol. The Hall–Kier alpha value is -1.95. The first-order valence-electron chi connectivity index (χ1n) is 11.1. The SMILES string of the molecule is CN(C)C(=O)c1ccc(OCCC[C@H]2CC23CCN(C(=O)OC(C)(C)C)CC3)cc1Cl. The minimum Gasteiger partial charge on any atom is -0.494 e. The molecule has 0 N–H and O–H groups in total. The van der Waals surface area contributed by atoms with Crippen molar-refractivity contribution in [1.29, 1.82) is 0 Å². The van der Waals surface area contributed by atoms with Crippen LogP contribution in [0.3, 0.4) is 0 Å². The van der Waals surface area contributed by atoms with Crippen LogP contribution in [-0.2, 0) is 4.74 Å². The highest BCUT2D eigenvalue weighted by Gasteiger charge is 2.54. The van der Waals surface area contributed by atoms with Gasteiger partial charge in [-0.3, -0.25) is 4.79 Å². The number of carbonyl (C=O) groups is 2. The van der Waals surface area contributed by atoms with Gasteiger partial charge >= 0.3 is 6.09 Å². The monoisotopic (exact) mass is 450 g/mol. The van der Waals surface area contributed by atoms with Gasteiger partial charge in [-0.2, -0.15) is 0 Å². The highest BCUT2D eigenvalue weighted by atomic mass is 35.5. The average Bonchev–Trinajstić information content (AvgIpc) is 3.35. The molecule has 1 atom stereocenters. The van der Waals surface area contributed by atoms with Crippen LogP contribution < -0.4 is 4.74 Å². The van der Waals surface area contributed by atoms with Crippen LogP contribution in [0.5, 0.6) is 5.75 Å². The van der Waals surface area contributed by atoms with Gasteiger partial charge in [0.05, 0.1) is 17.2 Å². The van der Waals surface area contributed by atoms with Crippen LogP contribution in [0.1, 0.15) is 63.2 Å². The van der Waals surface area contributed by atoms with Gasteiger partial charge in [0.25, 0.3) is 5.91 Å². The molecule has 2 fully saturated rings. The van der Waals surface area contributed by atoms with Gasteiger partial charge in [0.15, 0.2) is 0 Å². The zero-order valence-corrected chi connectivity index (χ0v) is 20.1. The minimum atomic E-state index is -0.444. The molecule has 0 aromatic heterocycles. The summed E-state index contributed by atoms with van der Waals surface area (Å²) in [6.45, 7) is 7.92. The number of amides is 2. The molecule has 0 bridgehead atoms. The third kappa shape index (κ3) is 6.06. The van der Waals surface area contributed by atoms with Gasteiger partial charge in [-0.1, -0.05) is 11.6 Å². The molecule has 1 heterocycles. The summed E-state index contributed by atoms with van der Waals surface area (Å²) in [6, 6.07) is 5.23. The van der Waals surface area contributed by atoms with E-state index in [0.29, 0.717) is 28.4 Å². The number of hydrogen-bond donors (Lipinski definition) is 0. The Balaban J connectivity index is 1.37. The Bertz CT molecular complexity index is 810. The van der Waals surface area contributed by atoms with Crippen LogP contribution >= 0.6 is 11.6 Å². The molecule has 2 amide bonds. The normalized spacial score (nSPS) is 19.8. The number of likely N-dealkylation sites (tertiary alicyclic amines) is 1. The number of nitrogens with zero attached hydrogens (tertiary/aromatic N) is 2. The number of piperidine rings is 1. The molecule has 2 aliphatic rings. The van der Waals surface area contributed by atoms with Crippen molar-refractivity contribution in [2.24, 2.45) is 11.3 Å². The van der Waals surface area contributed by atoms with Crippen molar-refractivity contribution in [2.45, 2.75) is 58.5 Å². The van der Waals surface area contributed by atoms with Crippen LogP contribution in [-0.4, -0.2) is 61.2 Å². The Kier molecular flexibility index (Phi) is 7.09. The summed E-state index contributed by atoms with van der Waals surface area (Å²) >= 11 is 6.24. The fourth-order valence-electron chi connectivity index (χ4n) is 4.43. The van der Waals surface area contributed by atoms with Gasteiger partial charge in [-0.05, 0) is 82.4 Å². The quantitative estimate of drug-likeness (QED) is 0.556. The summed E-state index contributed by atoms with van der Waals surface area (Å²) in [5.41, 5.74) is 0.452. The standard InChI is InChI=1S/C24H35ClN2O4/c1-23(2,3)31-22(29)27-12-10-24(11-13-27)16-17(24)7-6-14-30-18-8-9-19(20(25)15-18)21(28)26(4)5/h8-9,15,17H,6-7,10-14,16H2,1-5H3/t17-/m0/s1. The molecule has 1 aliphatic heterocycles. The summed E-state index contributed by atoms with van der Waals surface area (Å²) in [7, 11) is 3.41. The molecular formula is C24H35ClN2O4. The predicted molar refractivity (Wildman–Crippen MR) is 122 cm³/mol. The molecule has 0 unspecified atom stereocenters. The number of halogens is 1. The molecule has 6 nitrogen and oxygen atoms in total. The Labute approximate surface area is 190 Å². The average molecular weight is 451 g/mol. The maximum absolute atomic E-state index is 12.2. The van der Waals surface area contributed by atoms with E-state index in [1.807, 2.05) is 25.7 Å². The second-order valence-corrected chi connectivity index (χ2v) is 10.5. The largest absolute Gasteiger partial charge is 0.494 e. The molecule has 31 heavy (non-hydrogen) atoms. The van der Waals surface area contributed by atoms with E-state index in [1.54, 1.807) is 32.3 Å². The molecule has 1 spiro atoms. The van der Waals surface area contributed by atoms with Gasteiger partial charge in [0, 0.05) is 27.2 Å². The van der Waals surface area contributed by atoms with Gasteiger partial charge in [0.1, 0.15) is 11.4 Å². The number of hydrogen-bond acceptors (Lipinski definition) is 4. The summed E-state index contributed by atoms with van der Waals surface area (Å²) < 4.78 is 11.3. The molecule has 7 heteroatoms. The first-order valence-corrected chi connectivity index (χ1v) is 11.5. The van der Waals surface area contributed by atoms with Crippen molar-refractivity contribution < 1.29 is 19.1 Å². The van der Waals surface area contributed by atoms with Crippen molar-refractivity contribution in [3.05, 3.63) is 28.8 Å². The van der Waals surface area contributed by atoms with E-state index in [2.05, 4.69) is 0 Å². The zero-order chi connectivity index (χ0) is 22.8. The fraction of sp³-hybridized carbons (Fsp3) is 0.667. The molecule has 1 aromatic carbocycles. The molecule has 3 rings (SSSR count). The van der Waals surface area contributed by atoms with Gasteiger partial charge < -0.3 is 19.3 Å².